The van der Waals surface area contributed by atoms with Gasteiger partial charge in [0.05, 0.1) is 0 Å². The molecule has 2 heterocycles. The van der Waals surface area contributed by atoms with Crippen molar-refractivity contribution in [3.63, 3.8) is 0 Å². The topological polar surface area (TPSA) is 49.8 Å². The largest absolute Gasteiger partial charge is 0.351 e. The Bertz CT molecular complexity index is 607. The predicted molar refractivity (Wildman–Crippen MR) is 85.6 cm³/mol. The molecule has 0 saturated heterocycles. The van der Waals surface area contributed by atoms with Gasteiger partial charge < -0.3 is 10.6 Å². The van der Waals surface area contributed by atoms with Gasteiger partial charge in [-0.3, -0.25) is 0 Å². The average molecular weight is 300 g/mol. The highest BCUT2D eigenvalue weighted by molar-refractivity contribution is 7.09. The molecule has 0 bridgehead atoms. The molecule has 2 N–H and O–H groups in total. The van der Waals surface area contributed by atoms with Crippen molar-refractivity contribution in [2.24, 2.45) is 0 Å². The summed E-state index contributed by atoms with van der Waals surface area (Å²) in [5.74, 6) is 0.821. The van der Waals surface area contributed by atoms with Gasteiger partial charge in [-0.1, -0.05) is 6.07 Å². The van der Waals surface area contributed by atoms with Crippen LogP contribution < -0.4 is 10.6 Å². The van der Waals surface area contributed by atoms with E-state index in [9.17, 15) is 0 Å². The van der Waals surface area contributed by atoms with E-state index in [-0.39, 0.29) is 0 Å². The zero-order chi connectivity index (χ0) is 14.1. The second kappa shape index (κ2) is 5.73. The fraction of sp³-hybridized carbons (Fsp3) is 0.500. The summed E-state index contributed by atoms with van der Waals surface area (Å²) < 4.78 is 0. The predicted octanol–water partition coefficient (Wildman–Crippen LogP) is 2.76. The highest BCUT2D eigenvalue weighted by atomic mass is 32.1. The van der Waals surface area contributed by atoms with Crippen molar-refractivity contribution < 1.29 is 0 Å². The lowest BCUT2D eigenvalue weighted by Gasteiger charge is -2.24. The van der Waals surface area contributed by atoms with Gasteiger partial charge in [0.2, 0.25) is 5.95 Å². The summed E-state index contributed by atoms with van der Waals surface area (Å²) >= 11 is 1.82. The lowest BCUT2D eigenvalue weighted by Crippen LogP contribution is -2.34. The van der Waals surface area contributed by atoms with Gasteiger partial charge in [-0.15, -0.1) is 11.3 Å². The number of hydrogen-bond acceptors (Lipinski definition) is 5. The Morgan fingerprint density at radius 2 is 2.19 bits per heavy atom. The van der Waals surface area contributed by atoms with E-state index in [0.717, 1.165) is 31.8 Å². The molecule has 0 spiro atoms. The lowest BCUT2D eigenvalue weighted by atomic mass is 9.93. The smallest absolute Gasteiger partial charge is 0.223 e. The zero-order valence-corrected chi connectivity index (χ0v) is 12.8. The zero-order valence-electron chi connectivity index (χ0n) is 12.0. The van der Waals surface area contributed by atoms with Crippen LogP contribution in [0.3, 0.4) is 0 Å². The molecule has 1 fully saturated rings. The van der Waals surface area contributed by atoms with E-state index in [1.54, 1.807) is 0 Å². The summed E-state index contributed by atoms with van der Waals surface area (Å²) in [5.41, 5.74) is 2.55. The quantitative estimate of drug-likeness (QED) is 0.891. The van der Waals surface area contributed by atoms with Crippen LogP contribution in [0.25, 0.3) is 0 Å². The molecule has 0 aliphatic heterocycles. The lowest BCUT2D eigenvalue weighted by molar-refractivity contribution is 0.454. The van der Waals surface area contributed by atoms with E-state index in [2.05, 4.69) is 38.1 Å². The Balaban J connectivity index is 1.37. The molecular weight excluding hydrogens is 280 g/mol. The maximum Gasteiger partial charge on any atom is 0.223 e. The summed E-state index contributed by atoms with van der Waals surface area (Å²) in [4.78, 5) is 10.6. The maximum absolute atomic E-state index is 4.69. The number of thiophene rings is 1. The van der Waals surface area contributed by atoms with Crippen molar-refractivity contribution in [2.45, 2.75) is 50.7 Å². The Hall–Kier alpha value is -1.46. The van der Waals surface area contributed by atoms with Crippen LogP contribution in [0.15, 0.2) is 23.7 Å². The second-order valence-corrected chi connectivity index (χ2v) is 7.02. The molecule has 0 amide bonds. The van der Waals surface area contributed by atoms with Crippen LogP contribution in [0.1, 0.15) is 35.4 Å². The third kappa shape index (κ3) is 3.24. The number of fused-ring (bicyclic) bond motifs is 1. The summed E-state index contributed by atoms with van der Waals surface area (Å²) in [5, 5.41) is 9.18. The molecule has 0 aromatic carbocycles. The molecular formula is C16H20N4S. The number of rotatable bonds is 5. The maximum atomic E-state index is 4.69. The minimum Gasteiger partial charge on any atom is -0.351 e. The van der Waals surface area contributed by atoms with Gasteiger partial charge in [0.25, 0.3) is 0 Å². The van der Waals surface area contributed by atoms with Gasteiger partial charge in [0, 0.05) is 35.4 Å². The van der Waals surface area contributed by atoms with Gasteiger partial charge in [-0.25, -0.2) is 9.97 Å². The fourth-order valence-corrected chi connectivity index (χ4v) is 3.48. The van der Waals surface area contributed by atoms with Crippen molar-refractivity contribution >= 4 is 17.3 Å². The minimum atomic E-state index is 0.547. The van der Waals surface area contributed by atoms with Crippen molar-refractivity contribution in [2.75, 3.05) is 5.32 Å². The van der Waals surface area contributed by atoms with Gasteiger partial charge in [0.1, 0.15) is 0 Å². The van der Waals surface area contributed by atoms with Gasteiger partial charge in [-0.05, 0) is 49.1 Å². The van der Waals surface area contributed by atoms with Crippen LogP contribution >= 0.6 is 11.3 Å². The number of aromatic nitrogens is 2. The molecule has 0 radical (unpaired) electrons. The average Bonchev–Trinajstić information content (AvgIpc) is 3.16. The molecule has 0 unspecified atom stereocenters. The molecule has 5 heteroatoms. The monoisotopic (exact) mass is 300 g/mol. The van der Waals surface area contributed by atoms with E-state index in [1.165, 1.54) is 29.0 Å². The van der Waals surface area contributed by atoms with E-state index in [0.29, 0.717) is 12.1 Å². The van der Waals surface area contributed by atoms with Crippen molar-refractivity contribution in [3.8, 4) is 0 Å². The number of hydrogen-bond donors (Lipinski definition) is 2. The van der Waals surface area contributed by atoms with Gasteiger partial charge in [-0.2, -0.15) is 0 Å². The van der Waals surface area contributed by atoms with Crippen molar-refractivity contribution in [1.29, 1.82) is 0 Å². The third-order valence-electron chi connectivity index (χ3n) is 4.21. The second-order valence-electron chi connectivity index (χ2n) is 5.98. The normalized spacial score (nSPS) is 21.0. The van der Waals surface area contributed by atoms with Crippen LogP contribution in [0, 0.1) is 0 Å². The van der Waals surface area contributed by atoms with Crippen LogP contribution in [-0.2, 0) is 19.4 Å². The van der Waals surface area contributed by atoms with Gasteiger partial charge in [0.15, 0.2) is 0 Å². The molecule has 2 aromatic rings. The van der Waals surface area contributed by atoms with Gasteiger partial charge >= 0.3 is 0 Å². The highest BCUT2D eigenvalue weighted by Gasteiger charge is 2.24. The van der Waals surface area contributed by atoms with E-state index in [4.69, 9.17) is 0 Å². The summed E-state index contributed by atoms with van der Waals surface area (Å²) in [6.45, 7) is 0.972. The number of nitrogens with zero attached hydrogens (tertiary/aromatic N) is 2. The number of nitrogens with one attached hydrogen (secondary N) is 2. The van der Waals surface area contributed by atoms with Crippen molar-refractivity contribution in [3.05, 3.63) is 39.8 Å². The highest BCUT2D eigenvalue weighted by Crippen LogP contribution is 2.25. The standard InChI is InChI=1S/C16H20N4S/c1-2-14(21-7-1)10-17-13-5-6-15-11(8-13)9-18-16(20-15)19-12-3-4-12/h1-2,7,9,12-13,17H,3-6,8,10H2,(H,18,19,20)/t13-/m1/s1. The first-order valence-corrected chi connectivity index (χ1v) is 8.62. The molecule has 2 aliphatic rings. The van der Waals surface area contributed by atoms with E-state index in [1.807, 2.05) is 17.5 Å². The summed E-state index contributed by atoms with van der Waals surface area (Å²) in [6.07, 6.45) is 7.80. The molecule has 110 valence electrons. The van der Waals surface area contributed by atoms with Crippen LogP contribution in [0.4, 0.5) is 5.95 Å². The Morgan fingerprint density at radius 1 is 1.24 bits per heavy atom. The summed E-state index contributed by atoms with van der Waals surface area (Å²) in [7, 11) is 0. The number of aryl methyl sites for hydroxylation is 1. The molecule has 4 nitrogen and oxygen atoms in total. The minimum absolute atomic E-state index is 0.547. The fourth-order valence-electron chi connectivity index (χ4n) is 2.82. The Labute approximate surface area is 129 Å². The first-order chi connectivity index (χ1) is 10.4. The SMILES string of the molecule is c1csc(CN[C@@H]2CCc3nc(NC4CC4)ncc3C2)c1. The van der Waals surface area contributed by atoms with E-state index < -0.39 is 0 Å². The van der Waals surface area contributed by atoms with Crippen LogP contribution in [0.5, 0.6) is 0 Å². The Morgan fingerprint density at radius 3 is 3.00 bits per heavy atom. The summed E-state index contributed by atoms with van der Waals surface area (Å²) in [6, 6.07) is 5.46. The molecule has 2 aromatic heterocycles. The van der Waals surface area contributed by atoms with Crippen molar-refractivity contribution in [1.82, 2.24) is 15.3 Å². The number of anilines is 1. The molecule has 21 heavy (non-hydrogen) atoms. The molecule has 1 atom stereocenters. The van der Waals surface area contributed by atoms with Crippen LogP contribution in [-0.4, -0.2) is 22.1 Å². The first-order valence-electron chi connectivity index (χ1n) is 7.74. The third-order valence-corrected chi connectivity index (χ3v) is 5.08. The molecule has 4 rings (SSSR count). The molecule has 1 saturated carbocycles. The first kappa shape index (κ1) is 13.2. The molecule has 2 aliphatic carbocycles. The Kier molecular flexibility index (Phi) is 3.61. The van der Waals surface area contributed by atoms with E-state index >= 15 is 0 Å². The van der Waals surface area contributed by atoms with Crippen LogP contribution in [0.2, 0.25) is 0 Å².